The Bertz CT molecular complexity index is 1250. The van der Waals surface area contributed by atoms with Gasteiger partial charge in [0.05, 0.1) is 5.52 Å². The summed E-state index contributed by atoms with van der Waals surface area (Å²) in [6.45, 7) is 8.14. The molecule has 31 heavy (non-hydrogen) atoms. The molecule has 0 bridgehead atoms. The van der Waals surface area contributed by atoms with Crippen molar-refractivity contribution in [1.29, 1.82) is 0 Å². The molecule has 1 fully saturated rings. The number of fused-ring (bicyclic) bond motifs is 2. The highest BCUT2D eigenvalue weighted by Crippen LogP contribution is 2.35. The standard InChI is InChI=1S/C23H28FN7/c1-13(2)27-23-26-12-18-17(11-25-22(18)29-23)15-9-19(24)21-20(10-15)31(14(3)28-21)16-5-7-30(4)8-6-16/h9-13,16H,5-8H2,1-4H3,(H2,25,26,27,29). The van der Waals surface area contributed by atoms with Crippen molar-refractivity contribution in [2.45, 2.75) is 45.7 Å². The SMILES string of the molecule is Cc1nc2c(F)cc(-c3c[nH]c4nc(NC(C)C)ncc34)cc2n1C1CCN(C)CC1. The number of aryl methyl sites for hydroxylation is 1. The summed E-state index contributed by atoms with van der Waals surface area (Å²) in [7, 11) is 2.15. The highest BCUT2D eigenvalue weighted by Gasteiger charge is 2.24. The first-order chi connectivity index (χ1) is 14.9. The Balaban J connectivity index is 1.60. The number of hydrogen-bond acceptors (Lipinski definition) is 5. The fraction of sp³-hybridized carbons (Fsp3) is 0.435. The van der Waals surface area contributed by atoms with Crippen LogP contribution in [0.3, 0.4) is 0 Å². The molecule has 0 radical (unpaired) electrons. The second-order valence-corrected chi connectivity index (χ2v) is 8.85. The number of nitrogens with one attached hydrogen (secondary N) is 2. The first-order valence-electron chi connectivity index (χ1n) is 10.9. The molecule has 0 aliphatic carbocycles. The lowest BCUT2D eigenvalue weighted by Crippen LogP contribution is -2.31. The summed E-state index contributed by atoms with van der Waals surface area (Å²) in [6, 6.07) is 4.20. The number of nitrogens with zero attached hydrogens (tertiary/aromatic N) is 5. The molecule has 0 atom stereocenters. The van der Waals surface area contributed by atoms with E-state index in [1.54, 1.807) is 12.3 Å². The predicted molar refractivity (Wildman–Crippen MR) is 122 cm³/mol. The molecule has 4 aromatic rings. The van der Waals surface area contributed by atoms with Gasteiger partial charge in [0.1, 0.15) is 17.0 Å². The lowest BCUT2D eigenvalue weighted by Gasteiger charge is -2.30. The number of aromatic nitrogens is 5. The van der Waals surface area contributed by atoms with E-state index in [2.05, 4.69) is 47.8 Å². The highest BCUT2D eigenvalue weighted by atomic mass is 19.1. The molecule has 162 valence electrons. The fourth-order valence-electron chi connectivity index (χ4n) is 4.61. The fourth-order valence-corrected chi connectivity index (χ4v) is 4.61. The average molecular weight is 422 g/mol. The third kappa shape index (κ3) is 3.54. The zero-order valence-electron chi connectivity index (χ0n) is 18.4. The van der Waals surface area contributed by atoms with Crippen molar-refractivity contribution in [3.8, 4) is 11.1 Å². The number of imidazole rings is 1. The average Bonchev–Trinajstić information content (AvgIpc) is 3.29. The molecule has 0 unspecified atom stereocenters. The van der Waals surface area contributed by atoms with Crippen LogP contribution in [-0.2, 0) is 0 Å². The van der Waals surface area contributed by atoms with E-state index in [0.29, 0.717) is 17.5 Å². The minimum atomic E-state index is -0.296. The molecule has 1 saturated heterocycles. The van der Waals surface area contributed by atoms with Crippen molar-refractivity contribution < 1.29 is 4.39 Å². The summed E-state index contributed by atoms with van der Waals surface area (Å²) in [5.41, 5.74) is 3.72. The van der Waals surface area contributed by atoms with Gasteiger partial charge in [-0.05, 0) is 71.4 Å². The van der Waals surface area contributed by atoms with E-state index >= 15 is 4.39 Å². The van der Waals surface area contributed by atoms with Gasteiger partial charge in [0.2, 0.25) is 5.95 Å². The summed E-state index contributed by atoms with van der Waals surface area (Å²) in [5.74, 6) is 1.15. The van der Waals surface area contributed by atoms with Gasteiger partial charge in [-0.2, -0.15) is 4.98 Å². The number of rotatable bonds is 4. The number of likely N-dealkylation sites (tertiary alicyclic amines) is 1. The van der Waals surface area contributed by atoms with E-state index in [1.165, 1.54) is 0 Å². The van der Waals surface area contributed by atoms with Crippen LogP contribution in [-0.4, -0.2) is 55.6 Å². The Morgan fingerprint density at radius 2 is 1.97 bits per heavy atom. The van der Waals surface area contributed by atoms with Gasteiger partial charge in [-0.1, -0.05) is 0 Å². The lowest BCUT2D eigenvalue weighted by atomic mass is 10.0. The van der Waals surface area contributed by atoms with Crippen LogP contribution >= 0.6 is 0 Å². The topological polar surface area (TPSA) is 74.7 Å². The van der Waals surface area contributed by atoms with E-state index in [9.17, 15) is 0 Å². The van der Waals surface area contributed by atoms with Crippen LogP contribution in [0.1, 0.15) is 38.6 Å². The van der Waals surface area contributed by atoms with E-state index in [1.807, 2.05) is 27.0 Å². The Morgan fingerprint density at radius 3 is 2.71 bits per heavy atom. The van der Waals surface area contributed by atoms with Crippen molar-refractivity contribution in [3.63, 3.8) is 0 Å². The van der Waals surface area contributed by atoms with E-state index in [4.69, 9.17) is 0 Å². The molecule has 1 aliphatic heterocycles. The molecular formula is C23H28FN7. The Hall–Kier alpha value is -3.00. The van der Waals surface area contributed by atoms with Crippen molar-refractivity contribution >= 4 is 28.0 Å². The van der Waals surface area contributed by atoms with Gasteiger partial charge < -0.3 is 19.8 Å². The molecule has 7 nitrogen and oxygen atoms in total. The summed E-state index contributed by atoms with van der Waals surface area (Å²) in [5, 5.41) is 4.08. The van der Waals surface area contributed by atoms with E-state index < -0.39 is 0 Å². The molecule has 4 heterocycles. The monoisotopic (exact) mass is 421 g/mol. The Morgan fingerprint density at radius 1 is 1.19 bits per heavy atom. The number of piperidine rings is 1. The molecule has 1 aromatic carbocycles. The molecular weight excluding hydrogens is 393 g/mol. The van der Waals surface area contributed by atoms with Crippen LogP contribution in [0, 0.1) is 12.7 Å². The largest absolute Gasteiger partial charge is 0.352 e. The van der Waals surface area contributed by atoms with Gasteiger partial charge in [0.25, 0.3) is 0 Å². The third-order valence-corrected chi connectivity index (χ3v) is 6.14. The maximum atomic E-state index is 15.1. The Kier molecular flexibility index (Phi) is 4.89. The molecule has 8 heteroatoms. The number of H-pyrrole nitrogens is 1. The molecule has 0 spiro atoms. The van der Waals surface area contributed by atoms with Crippen LogP contribution in [0.25, 0.3) is 33.2 Å². The zero-order chi connectivity index (χ0) is 21.7. The molecule has 5 rings (SSSR count). The summed E-state index contributed by atoms with van der Waals surface area (Å²) >= 11 is 0. The van der Waals surface area contributed by atoms with Crippen LogP contribution in [0.5, 0.6) is 0 Å². The minimum Gasteiger partial charge on any atom is -0.352 e. The van der Waals surface area contributed by atoms with Crippen LogP contribution in [0.2, 0.25) is 0 Å². The quantitative estimate of drug-likeness (QED) is 0.507. The minimum absolute atomic E-state index is 0.242. The van der Waals surface area contributed by atoms with Gasteiger partial charge in [-0.15, -0.1) is 0 Å². The van der Waals surface area contributed by atoms with Gasteiger partial charge in [-0.3, -0.25) is 0 Å². The van der Waals surface area contributed by atoms with Crippen molar-refractivity contribution in [2.24, 2.45) is 0 Å². The second-order valence-electron chi connectivity index (χ2n) is 8.85. The zero-order valence-corrected chi connectivity index (χ0v) is 18.4. The first kappa shape index (κ1) is 19.9. The smallest absolute Gasteiger partial charge is 0.224 e. The maximum Gasteiger partial charge on any atom is 0.224 e. The molecule has 2 N–H and O–H groups in total. The third-order valence-electron chi connectivity index (χ3n) is 6.14. The van der Waals surface area contributed by atoms with Crippen LogP contribution < -0.4 is 5.32 Å². The van der Waals surface area contributed by atoms with Gasteiger partial charge in [-0.25, -0.2) is 14.4 Å². The van der Waals surface area contributed by atoms with Gasteiger partial charge in [0.15, 0.2) is 5.82 Å². The van der Waals surface area contributed by atoms with Crippen molar-refractivity contribution in [3.05, 3.63) is 36.2 Å². The highest BCUT2D eigenvalue weighted by molar-refractivity contribution is 5.96. The summed E-state index contributed by atoms with van der Waals surface area (Å²) in [4.78, 5) is 19.1. The van der Waals surface area contributed by atoms with Crippen molar-refractivity contribution in [1.82, 2.24) is 29.4 Å². The first-order valence-corrected chi connectivity index (χ1v) is 10.9. The number of aromatic amines is 1. The predicted octanol–water partition coefficient (Wildman–Crippen LogP) is 4.51. The number of benzene rings is 1. The lowest BCUT2D eigenvalue weighted by molar-refractivity contribution is 0.222. The van der Waals surface area contributed by atoms with Crippen LogP contribution in [0.15, 0.2) is 24.5 Å². The van der Waals surface area contributed by atoms with Crippen molar-refractivity contribution in [2.75, 3.05) is 25.5 Å². The number of anilines is 1. The Labute approximate surface area is 180 Å². The molecule has 3 aromatic heterocycles. The molecule has 1 aliphatic rings. The van der Waals surface area contributed by atoms with Gasteiger partial charge >= 0.3 is 0 Å². The second kappa shape index (κ2) is 7.60. The normalized spacial score (nSPS) is 16.1. The maximum absolute atomic E-state index is 15.1. The number of hydrogen-bond donors (Lipinski definition) is 2. The van der Waals surface area contributed by atoms with Gasteiger partial charge in [0, 0.05) is 35.4 Å². The van der Waals surface area contributed by atoms with Crippen LogP contribution in [0.4, 0.5) is 10.3 Å². The van der Waals surface area contributed by atoms with E-state index in [0.717, 1.165) is 59.4 Å². The molecule has 0 amide bonds. The summed E-state index contributed by atoms with van der Waals surface area (Å²) < 4.78 is 17.4. The molecule has 0 saturated carbocycles. The van der Waals surface area contributed by atoms with E-state index in [-0.39, 0.29) is 11.9 Å². The summed E-state index contributed by atoms with van der Waals surface area (Å²) in [6.07, 6.45) is 5.76. The number of halogens is 1.